The summed E-state index contributed by atoms with van der Waals surface area (Å²) in [6, 6.07) is 2.80. The SMILES string of the molecule is CC(=O)NCCN(CC(F)(F)C1COC(CO)CO1)c1coc2ccc(C(F)(F)F)cc12. The molecule has 1 saturated heterocycles. The molecule has 1 amide bonds. The molecule has 0 bridgehead atoms. The summed E-state index contributed by atoms with van der Waals surface area (Å²) in [5.41, 5.74) is -0.815. The smallest absolute Gasteiger partial charge is 0.416 e. The number of hydrogen-bond acceptors (Lipinski definition) is 6. The largest absolute Gasteiger partial charge is 0.462 e. The number of aliphatic hydroxyl groups is 1. The van der Waals surface area contributed by atoms with Crippen LogP contribution < -0.4 is 10.2 Å². The summed E-state index contributed by atoms with van der Waals surface area (Å²) in [6.07, 6.45) is -5.83. The van der Waals surface area contributed by atoms with Crippen molar-refractivity contribution in [2.45, 2.75) is 31.2 Å². The minimum Gasteiger partial charge on any atom is -0.462 e. The van der Waals surface area contributed by atoms with Crippen molar-refractivity contribution in [1.29, 1.82) is 0 Å². The van der Waals surface area contributed by atoms with Crippen molar-refractivity contribution in [3.8, 4) is 0 Å². The van der Waals surface area contributed by atoms with Crippen LogP contribution in [0.25, 0.3) is 11.0 Å². The Balaban J connectivity index is 1.88. The van der Waals surface area contributed by atoms with Gasteiger partial charge in [0, 0.05) is 25.4 Å². The highest BCUT2D eigenvalue weighted by Gasteiger charge is 2.45. The molecule has 0 spiro atoms. The number of ether oxygens (including phenoxy) is 2. The summed E-state index contributed by atoms with van der Waals surface area (Å²) in [4.78, 5) is 12.3. The molecule has 1 fully saturated rings. The highest BCUT2D eigenvalue weighted by molar-refractivity contribution is 5.91. The van der Waals surface area contributed by atoms with E-state index in [4.69, 9.17) is 19.0 Å². The predicted octanol–water partition coefficient (Wildman–Crippen LogP) is 2.81. The summed E-state index contributed by atoms with van der Waals surface area (Å²) in [5, 5.41) is 11.5. The molecule has 0 saturated carbocycles. The number of benzene rings is 1. The molecule has 1 aliphatic heterocycles. The fraction of sp³-hybridized carbons (Fsp3) is 0.550. The van der Waals surface area contributed by atoms with Gasteiger partial charge in [-0.05, 0) is 18.2 Å². The minimum absolute atomic E-state index is 0.0135. The van der Waals surface area contributed by atoms with Gasteiger partial charge in [-0.1, -0.05) is 0 Å². The second-order valence-corrected chi connectivity index (χ2v) is 7.46. The van der Waals surface area contributed by atoms with Gasteiger partial charge in [-0.3, -0.25) is 4.79 Å². The van der Waals surface area contributed by atoms with Crippen molar-refractivity contribution in [1.82, 2.24) is 5.32 Å². The number of fused-ring (bicyclic) bond motifs is 1. The van der Waals surface area contributed by atoms with Crippen LogP contribution in [0.15, 0.2) is 28.9 Å². The number of nitrogens with one attached hydrogen (secondary N) is 1. The number of alkyl halides is 5. The molecule has 1 aliphatic rings. The van der Waals surface area contributed by atoms with Crippen LogP contribution in [0, 0.1) is 0 Å². The number of carbonyl (C=O) groups excluding carboxylic acids is 1. The maximum Gasteiger partial charge on any atom is 0.416 e. The topological polar surface area (TPSA) is 84.2 Å². The normalized spacial score (nSPS) is 19.8. The van der Waals surface area contributed by atoms with Gasteiger partial charge in [-0.25, -0.2) is 8.78 Å². The lowest BCUT2D eigenvalue weighted by Gasteiger charge is -2.36. The average Bonchev–Trinajstić information content (AvgIpc) is 3.15. The van der Waals surface area contributed by atoms with Crippen LogP contribution in [-0.4, -0.2) is 68.6 Å². The number of rotatable bonds is 8. The van der Waals surface area contributed by atoms with Crippen molar-refractivity contribution in [2.24, 2.45) is 0 Å². The molecule has 178 valence electrons. The first-order chi connectivity index (χ1) is 15.0. The first-order valence-corrected chi connectivity index (χ1v) is 9.81. The van der Waals surface area contributed by atoms with Gasteiger partial charge in [0.15, 0.2) is 0 Å². The van der Waals surface area contributed by atoms with E-state index < -0.39 is 43.0 Å². The number of hydrogen-bond donors (Lipinski definition) is 2. The summed E-state index contributed by atoms with van der Waals surface area (Å²) < 4.78 is 85.1. The molecule has 32 heavy (non-hydrogen) atoms. The van der Waals surface area contributed by atoms with Crippen LogP contribution in [0.5, 0.6) is 0 Å². The zero-order chi connectivity index (χ0) is 23.5. The Kier molecular flexibility index (Phi) is 7.25. The molecule has 0 aliphatic carbocycles. The zero-order valence-corrected chi connectivity index (χ0v) is 17.1. The lowest BCUT2D eigenvalue weighted by molar-refractivity contribution is -0.216. The molecule has 2 N–H and O–H groups in total. The summed E-state index contributed by atoms with van der Waals surface area (Å²) in [7, 11) is 0. The quantitative estimate of drug-likeness (QED) is 0.583. The van der Waals surface area contributed by atoms with Gasteiger partial charge in [0.2, 0.25) is 5.91 Å². The van der Waals surface area contributed by atoms with Gasteiger partial charge >= 0.3 is 6.18 Å². The monoisotopic (exact) mass is 466 g/mol. The molecule has 2 aromatic rings. The maximum atomic E-state index is 15.0. The van der Waals surface area contributed by atoms with Crippen molar-refractivity contribution in [3.05, 3.63) is 30.0 Å². The number of carbonyl (C=O) groups is 1. The highest BCUT2D eigenvalue weighted by atomic mass is 19.4. The standard InChI is InChI=1S/C20H23F5N2O5/c1-12(29)26-4-5-27(11-19(21,22)18-10-30-14(7-28)8-32-18)16-9-31-17-3-2-13(6-15(16)17)20(23,24)25/h2-3,6,9,14,18,28H,4-5,7-8,10-11H2,1H3,(H,26,29). The van der Waals surface area contributed by atoms with Crippen molar-refractivity contribution < 1.29 is 45.7 Å². The fourth-order valence-corrected chi connectivity index (χ4v) is 3.34. The van der Waals surface area contributed by atoms with E-state index in [1.54, 1.807) is 0 Å². The molecule has 1 aromatic carbocycles. The van der Waals surface area contributed by atoms with Gasteiger partial charge in [0.25, 0.3) is 5.92 Å². The molecule has 2 heterocycles. The zero-order valence-electron chi connectivity index (χ0n) is 17.1. The number of furan rings is 1. The van der Waals surface area contributed by atoms with Crippen LogP contribution in [0.1, 0.15) is 12.5 Å². The summed E-state index contributed by atoms with van der Waals surface area (Å²) in [6.45, 7) is -0.849. The molecule has 1 aromatic heterocycles. The molecular formula is C20H23F5N2O5. The fourth-order valence-electron chi connectivity index (χ4n) is 3.34. The molecule has 2 atom stereocenters. The van der Waals surface area contributed by atoms with E-state index in [2.05, 4.69) is 5.32 Å². The van der Waals surface area contributed by atoms with E-state index in [0.29, 0.717) is 0 Å². The molecule has 7 nitrogen and oxygen atoms in total. The molecule has 12 heteroatoms. The Morgan fingerprint density at radius 3 is 2.56 bits per heavy atom. The minimum atomic E-state index is -4.62. The molecular weight excluding hydrogens is 443 g/mol. The van der Waals surface area contributed by atoms with Gasteiger partial charge in [-0.2, -0.15) is 13.2 Å². The Hall–Kier alpha value is -2.44. The van der Waals surface area contributed by atoms with Crippen LogP contribution in [0.3, 0.4) is 0 Å². The third-order valence-electron chi connectivity index (χ3n) is 5.02. The van der Waals surface area contributed by atoms with Gasteiger partial charge < -0.3 is 29.2 Å². The van der Waals surface area contributed by atoms with E-state index in [0.717, 1.165) is 29.4 Å². The third kappa shape index (κ3) is 5.67. The van der Waals surface area contributed by atoms with E-state index in [-0.39, 0.29) is 48.9 Å². The summed E-state index contributed by atoms with van der Waals surface area (Å²) >= 11 is 0. The Bertz CT molecular complexity index is 925. The summed E-state index contributed by atoms with van der Waals surface area (Å²) in [5.74, 6) is -3.84. The second-order valence-electron chi connectivity index (χ2n) is 7.46. The number of anilines is 1. The maximum absolute atomic E-state index is 15.0. The van der Waals surface area contributed by atoms with Crippen molar-refractivity contribution in [3.63, 3.8) is 0 Å². The predicted molar refractivity (Wildman–Crippen MR) is 104 cm³/mol. The van der Waals surface area contributed by atoms with E-state index >= 15 is 8.78 Å². The Labute approximate surface area is 180 Å². The van der Waals surface area contributed by atoms with Crippen molar-refractivity contribution in [2.75, 3.05) is 44.4 Å². The third-order valence-corrected chi connectivity index (χ3v) is 5.02. The van der Waals surface area contributed by atoms with E-state index in [1.807, 2.05) is 0 Å². The van der Waals surface area contributed by atoms with E-state index in [1.165, 1.54) is 6.92 Å². The average molecular weight is 466 g/mol. The lowest BCUT2D eigenvalue weighted by Crippen LogP contribution is -2.53. The number of aliphatic hydroxyl groups excluding tert-OH is 1. The lowest BCUT2D eigenvalue weighted by atomic mass is 10.1. The van der Waals surface area contributed by atoms with Crippen molar-refractivity contribution >= 4 is 22.6 Å². The number of nitrogens with zero attached hydrogens (tertiary/aromatic N) is 1. The van der Waals surface area contributed by atoms with Crippen LogP contribution >= 0.6 is 0 Å². The molecule has 2 unspecified atom stereocenters. The molecule has 3 rings (SSSR count). The van der Waals surface area contributed by atoms with E-state index in [9.17, 15) is 18.0 Å². The van der Waals surface area contributed by atoms with Gasteiger partial charge in [-0.15, -0.1) is 0 Å². The van der Waals surface area contributed by atoms with Crippen LogP contribution in [0.2, 0.25) is 0 Å². The Morgan fingerprint density at radius 1 is 1.22 bits per heavy atom. The first kappa shape index (κ1) is 24.2. The van der Waals surface area contributed by atoms with Gasteiger partial charge in [0.05, 0.1) is 37.6 Å². The van der Waals surface area contributed by atoms with Crippen LogP contribution in [-0.2, 0) is 20.4 Å². The molecule has 0 radical (unpaired) electrons. The number of amides is 1. The first-order valence-electron chi connectivity index (χ1n) is 9.81. The Morgan fingerprint density at radius 2 is 1.97 bits per heavy atom. The highest BCUT2D eigenvalue weighted by Crippen LogP contribution is 2.37. The second kappa shape index (κ2) is 9.59. The number of halogens is 5. The van der Waals surface area contributed by atoms with Crippen LogP contribution in [0.4, 0.5) is 27.6 Å². The van der Waals surface area contributed by atoms with Gasteiger partial charge in [0.1, 0.15) is 24.1 Å².